The number of imidazole rings is 1. The van der Waals surface area contributed by atoms with Crippen LogP contribution in [0.25, 0.3) is 16.9 Å². The summed E-state index contributed by atoms with van der Waals surface area (Å²) in [4.78, 5) is 8.94. The van der Waals surface area contributed by atoms with Crippen molar-refractivity contribution in [1.29, 1.82) is 0 Å². The molecular formula is C15H13ClFN3. The zero-order valence-corrected chi connectivity index (χ0v) is 11.9. The summed E-state index contributed by atoms with van der Waals surface area (Å²) >= 11 is 6.19. The predicted molar refractivity (Wildman–Crippen MR) is 77.8 cm³/mol. The molecule has 0 N–H and O–H groups in total. The number of halogens is 2. The molecule has 0 amide bonds. The van der Waals surface area contributed by atoms with Crippen molar-refractivity contribution >= 4 is 22.8 Å². The van der Waals surface area contributed by atoms with Crippen LogP contribution in [-0.2, 0) is 0 Å². The molecule has 0 aliphatic rings. The largest absolute Gasteiger partial charge is 0.276 e. The minimum atomic E-state index is -0.343. The van der Waals surface area contributed by atoms with Gasteiger partial charge in [0.1, 0.15) is 17.2 Å². The maximum absolute atomic E-state index is 14.1. The summed E-state index contributed by atoms with van der Waals surface area (Å²) in [5.41, 5.74) is 2.60. The first-order chi connectivity index (χ1) is 9.58. The van der Waals surface area contributed by atoms with Crippen molar-refractivity contribution in [3.8, 4) is 5.69 Å². The summed E-state index contributed by atoms with van der Waals surface area (Å²) in [5.74, 6) is 0.263. The minimum Gasteiger partial charge on any atom is -0.276 e. The van der Waals surface area contributed by atoms with Gasteiger partial charge < -0.3 is 0 Å². The van der Waals surface area contributed by atoms with Crippen molar-refractivity contribution < 1.29 is 4.39 Å². The van der Waals surface area contributed by atoms with Gasteiger partial charge in [-0.2, -0.15) is 0 Å². The van der Waals surface area contributed by atoms with Crippen molar-refractivity contribution in [2.45, 2.75) is 19.2 Å². The molecule has 0 fully saturated rings. The quantitative estimate of drug-likeness (QED) is 0.663. The van der Waals surface area contributed by atoms with Gasteiger partial charge in [-0.05, 0) is 38.1 Å². The number of aromatic nitrogens is 3. The standard InChI is InChI=1S/C15H13ClFN3/c1-9-7-8-12-15(18-9)20(14(19-12)10(2)16)13-6-4-3-5-11(13)17/h3-8,10H,1-2H3. The molecule has 102 valence electrons. The summed E-state index contributed by atoms with van der Waals surface area (Å²) in [7, 11) is 0. The molecule has 20 heavy (non-hydrogen) atoms. The normalized spacial score (nSPS) is 12.8. The Labute approximate surface area is 121 Å². The lowest BCUT2D eigenvalue weighted by molar-refractivity contribution is 0.616. The number of fused-ring (bicyclic) bond motifs is 1. The molecule has 5 heteroatoms. The van der Waals surface area contributed by atoms with E-state index in [1.165, 1.54) is 6.07 Å². The molecule has 0 aliphatic heterocycles. The molecule has 0 aliphatic carbocycles. The highest BCUT2D eigenvalue weighted by Crippen LogP contribution is 2.28. The van der Waals surface area contributed by atoms with Gasteiger partial charge in [-0.3, -0.25) is 4.57 Å². The molecule has 2 heterocycles. The number of rotatable bonds is 2. The van der Waals surface area contributed by atoms with Gasteiger partial charge in [-0.15, -0.1) is 11.6 Å². The topological polar surface area (TPSA) is 30.7 Å². The van der Waals surface area contributed by atoms with Crippen molar-refractivity contribution in [2.75, 3.05) is 0 Å². The van der Waals surface area contributed by atoms with Crippen LogP contribution in [0.4, 0.5) is 4.39 Å². The Morgan fingerprint density at radius 2 is 1.90 bits per heavy atom. The second kappa shape index (κ2) is 4.87. The maximum atomic E-state index is 14.1. The number of para-hydroxylation sites is 1. The van der Waals surface area contributed by atoms with E-state index >= 15 is 0 Å². The van der Waals surface area contributed by atoms with Crippen LogP contribution in [-0.4, -0.2) is 14.5 Å². The van der Waals surface area contributed by atoms with Gasteiger partial charge in [0, 0.05) is 5.69 Å². The van der Waals surface area contributed by atoms with Gasteiger partial charge in [-0.25, -0.2) is 14.4 Å². The average Bonchev–Trinajstić information content (AvgIpc) is 2.78. The Hall–Kier alpha value is -1.94. The smallest absolute Gasteiger partial charge is 0.165 e. The molecule has 1 unspecified atom stereocenters. The van der Waals surface area contributed by atoms with E-state index in [-0.39, 0.29) is 11.2 Å². The molecule has 0 bridgehead atoms. The van der Waals surface area contributed by atoms with Crippen LogP contribution in [0.5, 0.6) is 0 Å². The van der Waals surface area contributed by atoms with E-state index < -0.39 is 0 Å². The monoisotopic (exact) mass is 289 g/mol. The van der Waals surface area contributed by atoms with E-state index in [1.54, 1.807) is 22.8 Å². The van der Waals surface area contributed by atoms with Crippen molar-refractivity contribution in [2.24, 2.45) is 0 Å². The predicted octanol–water partition coefficient (Wildman–Crippen LogP) is 4.17. The molecule has 0 radical (unpaired) electrons. The van der Waals surface area contributed by atoms with Gasteiger partial charge in [0.2, 0.25) is 0 Å². The van der Waals surface area contributed by atoms with E-state index in [4.69, 9.17) is 11.6 Å². The maximum Gasteiger partial charge on any atom is 0.165 e. The molecule has 1 atom stereocenters. The second-order valence-corrected chi connectivity index (χ2v) is 5.32. The van der Waals surface area contributed by atoms with Crippen LogP contribution in [0, 0.1) is 12.7 Å². The number of benzene rings is 1. The molecule has 1 aromatic carbocycles. The first-order valence-corrected chi connectivity index (χ1v) is 6.76. The second-order valence-electron chi connectivity index (χ2n) is 4.67. The molecule has 0 saturated carbocycles. The average molecular weight is 290 g/mol. The third kappa shape index (κ3) is 2.06. The van der Waals surface area contributed by atoms with Crippen LogP contribution in [0.15, 0.2) is 36.4 Å². The summed E-state index contributed by atoms with van der Waals surface area (Å²) in [6.45, 7) is 3.70. The van der Waals surface area contributed by atoms with Crippen LogP contribution < -0.4 is 0 Å². The summed E-state index contributed by atoms with van der Waals surface area (Å²) in [6.07, 6.45) is 0. The molecular weight excluding hydrogens is 277 g/mol. The van der Waals surface area contributed by atoms with Gasteiger partial charge in [0.25, 0.3) is 0 Å². The lowest BCUT2D eigenvalue weighted by atomic mass is 10.3. The highest BCUT2D eigenvalue weighted by Gasteiger charge is 2.19. The Kier molecular flexibility index (Phi) is 3.18. The highest BCUT2D eigenvalue weighted by atomic mass is 35.5. The SMILES string of the molecule is Cc1ccc2nc(C(C)Cl)n(-c3ccccc3F)c2n1. The third-order valence-corrected chi connectivity index (χ3v) is 3.31. The van der Waals surface area contributed by atoms with Gasteiger partial charge in [0.05, 0.1) is 11.1 Å². The fourth-order valence-corrected chi connectivity index (χ4v) is 2.35. The van der Waals surface area contributed by atoms with E-state index in [9.17, 15) is 4.39 Å². The molecule has 3 aromatic rings. The van der Waals surface area contributed by atoms with Crippen LogP contribution in [0.3, 0.4) is 0 Å². The summed E-state index contributed by atoms with van der Waals surface area (Å²) in [6, 6.07) is 10.3. The Morgan fingerprint density at radius 1 is 1.15 bits per heavy atom. The van der Waals surface area contributed by atoms with Gasteiger partial charge in [-0.1, -0.05) is 12.1 Å². The third-order valence-electron chi connectivity index (χ3n) is 3.12. The molecule has 0 spiro atoms. The van der Waals surface area contributed by atoms with E-state index in [2.05, 4.69) is 9.97 Å². The van der Waals surface area contributed by atoms with E-state index in [1.807, 2.05) is 26.0 Å². The Morgan fingerprint density at radius 3 is 2.60 bits per heavy atom. The Bertz CT molecular complexity index is 780. The first kappa shape index (κ1) is 13.1. The van der Waals surface area contributed by atoms with Gasteiger partial charge >= 0.3 is 0 Å². The fraction of sp³-hybridized carbons (Fsp3) is 0.200. The fourth-order valence-electron chi connectivity index (χ4n) is 2.21. The van der Waals surface area contributed by atoms with E-state index in [0.29, 0.717) is 22.7 Å². The lowest BCUT2D eigenvalue weighted by Gasteiger charge is -2.10. The van der Waals surface area contributed by atoms with Crippen LogP contribution in [0.2, 0.25) is 0 Å². The minimum absolute atomic E-state index is 0.325. The number of aryl methyl sites for hydroxylation is 1. The zero-order chi connectivity index (χ0) is 14.3. The first-order valence-electron chi connectivity index (χ1n) is 6.33. The van der Waals surface area contributed by atoms with Crippen molar-refractivity contribution in [1.82, 2.24) is 14.5 Å². The van der Waals surface area contributed by atoms with Crippen molar-refractivity contribution in [3.63, 3.8) is 0 Å². The van der Waals surface area contributed by atoms with Gasteiger partial charge in [0.15, 0.2) is 5.65 Å². The molecule has 2 aromatic heterocycles. The lowest BCUT2D eigenvalue weighted by Crippen LogP contribution is -2.05. The van der Waals surface area contributed by atoms with Crippen LogP contribution >= 0.6 is 11.6 Å². The number of alkyl halides is 1. The summed E-state index contributed by atoms with van der Waals surface area (Å²) in [5, 5.41) is -0.343. The molecule has 0 saturated heterocycles. The molecule has 3 rings (SSSR count). The van der Waals surface area contributed by atoms with Crippen molar-refractivity contribution in [3.05, 3.63) is 53.7 Å². The number of hydrogen-bond acceptors (Lipinski definition) is 2. The van der Waals surface area contributed by atoms with E-state index in [0.717, 1.165) is 5.69 Å². The number of pyridine rings is 1. The Balaban J connectivity index is 2.40. The van der Waals surface area contributed by atoms with Crippen LogP contribution in [0.1, 0.15) is 23.8 Å². The highest BCUT2D eigenvalue weighted by molar-refractivity contribution is 6.20. The zero-order valence-electron chi connectivity index (χ0n) is 11.1. The summed E-state index contributed by atoms with van der Waals surface area (Å²) < 4.78 is 15.8. The number of hydrogen-bond donors (Lipinski definition) is 0. The number of nitrogens with zero attached hydrogens (tertiary/aromatic N) is 3. The molecule has 3 nitrogen and oxygen atoms in total.